The number of hydrogen-bond acceptors (Lipinski definition) is 1. The molecule has 0 spiro atoms. The predicted molar refractivity (Wildman–Crippen MR) is 76.4 cm³/mol. The van der Waals surface area contributed by atoms with Gasteiger partial charge in [-0.15, -0.1) is 0 Å². The molecule has 0 amide bonds. The lowest BCUT2D eigenvalue weighted by atomic mass is 9.95. The van der Waals surface area contributed by atoms with Crippen LogP contribution in [0.15, 0.2) is 34.9 Å². The Labute approximate surface area is 128 Å². The molecule has 21 heavy (non-hydrogen) atoms. The summed E-state index contributed by atoms with van der Waals surface area (Å²) in [5.74, 6) is 0. The molecule has 112 valence electrons. The lowest BCUT2D eigenvalue weighted by Crippen LogP contribution is -2.12. The number of benzene rings is 1. The van der Waals surface area contributed by atoms with Crippen molar-refractivity contribution in [2.24, 2.45) is 0 Å². The summed E-state index contributed by atoms with van der Waals surface area (Å²) in [6, 6.07) is 5.96. The minimum absolute atomic E-state index is 0.0276. The molecule has 0 bridgehead atoms. The smallest absolute Gasteiger partial charge is 0.388 e. The van der Waals surface area contributed by atoms with Gasteiger partial charge < -0.3 is 9.67 Å². The van der Waals surface area contributed by atoms with Crippen molar-refractivity contribution in [1.29, 1.82) is 0 Å². The van der Waals surface area contributed by atoms with Gasteiger partial charge in [-0.1, -0.05) is 15.9 Å². The molecule has 0 aliphatic heterocycles. The van der Waals surface area contributed by atoms with Gasteiger partial charge in [0.15, 0.2) is 0 Å². The first-order chi connectivity index (χ1) is 9.88. The molecule has 1 aliphatic carbocycles. The van der Waals surface area contributed by atoms with Crippen LogP contribution in [0.1, 0.15) is 35.8 Å². The molecule has 0 saturated carbocycles. The Bertz CT molecular complexity index is 678. The normalized spacial score (nSPS) is 18.6. The quantitative estimate of drug-likeness (QED) is 0.788. The third-order valence-corrected chi connectivity index (χ3v) is 4.50. The first-order valence-corrected chi connectivity index (χ1v) is 7.42. The van der Waals surface area contributed by atoms with Crippen LogP contribution in [0.5, 0.6) is 0 Å². The molecule has 1 aliphatic rings. The van der Waals surface area contributed by atoms with E-state index in [9.17, 15) is 18.3 Å². The number of aliphatic hydroxyl groups excluding tert-OH is 1. The number of aliphatic hydroxyl groups is 1. The molecule has 1 aromatic heterocycles. The van der Waals surface area contributed by atoms with E-state index in [1.165, 1.54) is 6.07 Å². The maximum atomic E-state index is 13.0. The highest BCUT2D eigenvalue weighted by Crippen LogP contribution is 2.37. The second kappa shape index (κ2) is 5.18. The molecule has 0 saturated heterocycles. The van der Waals surface area contributed by atoms with Gasteiger partial charge in [0.05, 0.1) is 11.7 Å². The molecule has 0 fully saturated rings. The van der Waals surface area contributed by atoms with Crippen molar-refractivity contribution in [2.75, 3.05) is 0 Å². The molecule has 2 nitrogen and oxygen atoms in total. The maximum Gasteiger partial charge on any atom is 0.417 e. The average molecular weight is 360 g/mol. The predicted octanol–water partition coefficient (Wildman–Crippen LogP) is 4.63. The van der Waals surface area contributed by atoms with Gasteiger partial charge in [-0.05, 0) is 43.5 Å². The molecule has 0 radical (unpaired) electrons. The van der Waals surface area contributed by atoms with Gasteiger partial charge in [-0.3, -0.25) is 0 Å². The molecule has 1 atom stereocenters. The zero-order chi connectivity index (χ0) is 15.2. The summed E-state index contributed by atoms with van der Waals surface area (Å²) in [6.45, 7) is 0. The van der Waals surface area contributed by atoms with Crippen LogP contribution in [0.3, 0.4) is 0 Å². The van der Waals surface area contributed by atoms with Crippen LogP contribution in [-0.2, 0) is 12.6 Å². The molecule has 1 N–H and O–H groups in total. The molecule has 1 heterocycles. The van der Waals surface area contributed by atoms with Crippen LogP contribution in [0.2, 0.25) is 0 Å². The second-order valence-electron chi connectivity index (χ2n) is 5.16. The van der Waals surface area contributed by atoms with Crippen LogP contribution in [0.4, 0.5) is 13.2 Å². The van der Waals surface area contributed by atoms with Crippen molar-refractivity contribution in [2.45, 2.75) is 31.5 Å². The van der Waals surface area contributed by atoms with Gasteiger partial charge in [0, 0.05) is 27.6 Å². The van der Waals surface area contributed by atoms with E-state index in [4.69, 9.17) is 0 Å². The number of fused-ring (bicyclic) bond motifs is 1. The van der Waals surface area contributed by atoms with Crippen molar-refractivity contribution in [1.82, 2.24) is 4.57 Å². The standard InChI is InChI=1S/C15H13BrF3NO/c16-12-5-4-9(8-11(12)15(17,18)19)20-7-6-10-13(20)2-1-3-14(10)21/h4-8,14,21H,1-3H2. The summed E-state index contributed by atoms with van der Waals surface area (Å²) in [4.78, 5) is 0. The Morgan fingerprint density at radius 3 is 2.71 bits per heavy atom. The van der Waals surface area contributed by atoms with Crippen molar-refractivity contribution >= 4 is 15.9 Å². The number of alkyl halides is 3. The first kappa shape index (κ1) is 14.7. The topological polar surface area (TPSA) is 25.2 Å². The van der Waals surface area contributed by atoms with E-state index in [-0.39, 0.29) is 4.47 Å². The second-order valence-corrected chi connectivity index (χ2v) is 6.01. The summed E-state index contributed by atoms with van der Waals surface area (Å²) in [7, 11) is 0. The number of aromatic nitrogens is 1. The fourth-order valence-corrected chi connectivity index (χ4v) is 3.26. The van der Waals surface area contributed by atoms with Gasteiger partial charge >= 0.3 is 6.18 Å². The number of nitrogens with zero attached hydrogens (tertiary/aromatic N) is 1. The lowest BCUT2D eigenvalue weighted by molar-refractivity contribution is -0.138. The van der Waals surface area contributed by atoms with E-state index in [2.05, 4.69) is 15.9 Å². The number of rotatable bonds is 1. The summed E-state index contributed by atoms with van der Waals surface area (Å²) in [5, 5.41) is 9.95. The van der Waals surface area contributed by atoms with Crippen LogP contribution in [0.25, 0.3) is 5.69 Å². The zero-order valence-corrected chi connectivity index (χ0v) is 12.6. The Morgan fingerprint density at radius 1 is 1.24 bits per heavy atom. The molecular formula is C15H13BrF3NO. The highest BCUT2D eigenvalue weighted by molar-refractivity contribution is 9.10. The van der Waals surface area contributed by atoms with E-state index in [1.54, 1.807) is 22.9 Å². The monoisotopic (exact) mass is 359 g/mol. The molecule has 3 rings (SSSR count). The highest BCUT2D eigenvalue weighted by atomic mass is 79.9. The van der Waals surface area contributed by atoms with E-state index >= 15 is 0 Å². The molecule has 6 heteroatoms. The minimum Gasteiger partial charge on any atom is -0.388 e. The van der Waals surface area contributed by atoms with Crippen LogP contribution >= 0.6 is 15.9 Å². The van der Waals surface area contributed by atoms with Crippen molar-refractivity contribution in [3.63, 3.8) is 0 Å². The highest BCUT2D eigenvalue weighted by Gasteiger charge is 2.33. The molecule has 1 aromatic carbocycles. The lowest BCUT2D eigenvalue weighted by Gasteiger charge is -2.20. The minimum atomic E-state index is -4.40. The number of hydrogen-bond donors (Lipinski definition) is 1. The Balaban J connectivity index is 2.10. The van der Waals surface area contributed by atoms with Crippen molar-refractivity contribution in [3.8, 4) is 5.69 Å². The van der Waals surface area contributed by atoms with Gasteiger partial charge in [0.1, 0.15) is 0 Å². The summed E-state index contributed by atoms with van der Waals surface area (Å²) in [5.41, 5.74) is 1.47. The fourth-order valence-electron chi connectivity index (χ4n) is 2.79. The van der Waals surface area contributed by atoms with Crippen LogP contribution < -0.4 is 0 Å². The van der Waals surface area contributed by atoms with Crippen molar-refractivity contribution < 1.29 is 18.3 Å². The first-order valence-electron chi connectivity index (χ1n) is 6.63. The molecule has 1 unspecified atom stereocenters. The van der Waals surface area contributed by atoms with Gasteiger partial charge in [0.25, 0.3) is 0 Å². The van der Waals surface area contributed by atoms with Crippen molar-refractivity contribution in [3.05, 3.63) is 51.8 Å². The van der Waals surface area contributed by atoms with Crippen LogP contribution in [0, 0.1) is 0 Å². The number of halogens is 4. The Morgan fingerprint density at radius 2 is 2.00 bits per heavy atom. The average Bonchev–Trinajstić information content (AvgIpc) is 2.83. The third-order valence-electron chi connectivity index (χ3n) is 3.81. The van der Waals surface area contributed by atoms with Gasteiger partial charge in [-0.25, -0.2) is 0 Å². The fraction of sp³-hybridized carbons (Fsp3) is 0.333. The van der Waals surface area contributed by atoms with Crippen LogP contribution in [-0.4, -0.2) is 9.67 Å². The van der Waals surface area contributed by atoms with E-state index in [0.29, 0.717) is 12.1 Å². The maximum absolute atomic E-state index is 13.0. The summed E-state index contributed by atoms with van der Waals surface area (Å²) in [6.07, 6.45) is -0.903. The Kier molecular flexibility index (Phi) is 3.61. The zero-order valence-electron chi connectivity index (χ0n) is 11.0. The van der Waals surface area contributed by atoms with E-state index < -0.39 is 17.8 Å². The van der Waals surface area contributed by atoms with Gasteiger partial charge in [0.2, 0.25) is 0 Å². The third kappa shape index (κ3) is 2.62. The van der Waals surface area contributed by atoms with E-state index in [1.807, 2.05) is 0 Å². The Hall–Kier alpha value is -1.27. The summed E-state index contributed by atoms with van der Waals surface area (Å²) >= 11 is 2.94. The van der Waals surface area contributed by atoms with Gasteiger partial charge in [-0.2, -0.15) is 13.2 Å². The SMILES string of the molecule is OC1CCCc2c1ccn2-c1ccc(Br)c(C(F)(F)F)c1. The molecular weight excluding hydrogens is 347 g/mol. The largest absolute Gasteiger partial charge is 0.417 e. The molecule has 2 aromatic rings. The summed E-state index contributed by atoms with van der Waals surface area (Å²) < 4.78 is 40.7. The van der Waals surface area contributed by atoms with E-state index in [0.717, 1.165) is 30.2 Å².